The lowest BCUT2D eigenvalue weighted by molar-refractivity contribution is 0.660. The van der Waals surface area contributed by atoms with Gasteiger partial charge in [0.15, 0.2) is 0 Å². The van der Waals surface area contributed by atoms with Crippen LogP contribution in [0.15, 0.2) is 188 Å². The first-order chi connectivity index (χ1) is 34.4. The fourth-order valence-corrected chi connectivity index (χ4v) is 9.45. The fourth-order valence-electron chi connectivity index (χ4n) is 9.45. The Morgan fingerprint density at radius 3 is 1.39 bits per heavy atom. The van der Waals surface area contributed by atoms with Crippen LogP contribution in [0.5, 0.6) is 0 Å². The smallest absolute Gasteiger partial charge is 0.0714 e. The maximum absolute atomic E-state index is 10.8. The lowest BCUT2D eigenvalue weighted by Crippen LogP contribution is -2.28. The largest absolute Gasteiger partial charge is 0.310 e. The zero-order valence-corrected chi connectivity index (χ0v) is 31.0. The van der Waals surface area contributed by atoms with Crippen molar-refractivity contribution in [2.75, 3.05) is 4.90 Å². The van der Waals surface area contributed by atoms with Gasteiger partial charge in [0.05, 0.1) is 28.7 Å². The molecule has 0 fully saturated rings. The van der Waals surface area contributed by atoms with Crippen molar-refractivity contribution in [3.63, 3.8) is 0 Å². The van der Waals surface area contributed by atoms with Crippen molar-refractivity contribution in [3.8, 4) is 33.4 Å². The van der Waals surface area contributed by atoms with Crippen LogP contribution in [0.3, 0.4) is 0 Å². The molecule has 0 saturated carbocycles. The van der Waals surface area contributed by atoms with Gasteiger partial charge in [0.2, 0.25) is 0 Å². The molecule has 0 aliphatic heterocycles. The highest BCUT2D eigenvalue weighted by Crippen LogP contribution is 2.58. The van der Waals surface area contributed by atoms with Crippen molar-refractivity contribution in [1.29, 1.82) is 0 Å². The van der Waals surface area contributed by atoms with Crippen LogP contribution < -0.4 is 4.90 Å². The third-order valence-corrected chi connectivity index (χ3v) is 12.1. The number of nitrogens with zero attached hydrogens (tertiary/aromatic N) is 1. The van der Waals surface area contributed by atoms with Crippen LogP contribution in [-0.4, -0.2) is 0 Å². The Balaban J connectivity index is 1.36. The normalized spacial score (nSPS) is 19.8. The zero-order chi connectivity index (χ0) is 52.6. The third-order valence-electron chi connectivity index (χ3n) is 12.1. The average molecular weight is 735 g/mol. The van der Waals surface area contributed by atoms with Crippen molar-refractivity contribution < 1.29 is 23.3 Å². The molecule has 1 heteroatoms. The molecule has 3 aliphatic rings. The van der Waals surface area contributed by atoms with E-state index < -0.39 is 152 Å². The summed E-state index contributed by atoms with van der Waals surface area (Å²) in [5.74, 6) is 0. The van der Waals surface area contributed by atoms with E-state index in [2.05, 4.69) is 39.8 Å². The Morgan fingerprint density at radius 1 is 0.375 bits per heavy atom. The second-order valence-electron chi connectivity index (χ2n) is 15.6. The van der Waals surface area contributed by atoms with E-state index in [0.717, 1.165) is 44.5 Å². The molecular formula is C55H43N. The number of hydrogen-bond acceptors (Lipinski definition) is 1. The average Bonchev–Trinajstić information content (AvgIpc) is 3.90. The first-order valence-electron chi connectivity index (χ1n) is 27.1. The topological polar surface area (TPSA) is 3.24 Å². The van der Waals surface area contributed by atoms with E-state index in [9.17, 15) is 12.3 Å². The zero-order valence-electron chi connectivity index (χ0n) is 48.0. The molecule has 3 aliphatic carbocycles. The summed E-state index contributed by atoms with van der Waals surface area (Å²) in [6.07, 6.45) is 0. The van der Waals surface area contributed by atoms with Crippen LogP contribution >= 0.6 is 0 Å². The van der Waals surface area contributed by atoms with Crippen molar-refractivity contribution in [2.45, 2.75) is 43.9 Å². The molecule has 0 aromatic heterocycles. The molecule has 0 atom stereocenters. The van der Waals surface area contributed by atoms with Gasteiger partial charge in [-0.2, -0.15) is 0 Å². The van der Waals surface area contributed by atoms with Crippen LogP contribution in [0.2, 0.25) is 0 Å². The summed E-state index contributed by atoms with van der Waals surface area (Å²) < 4.78 is 160. The van der Waals surface area contributed by atoms with E-state index in [1.165, 1.54) is 0 Å². The predicted octanol–water partition coefficient (Wildman–Crippen LogP) is 14.1. The number of anilines is 3. The number of hydrogen-bond donors (Lipinski definition) is 0. The van der Waals surface area contributed by atoms with Crippen LogP contribution in [0.1, 0.15) is 95.5 Å². The minimum absolute atomic E-state index is 0.294. The minimum atomic E-state index is -2.94. The molecule has 8 aromatic rings. The van der Waals surface area contributed by atoms with Crippen LogP contribution in [0.25, 0.3) is 33.4 Å². The van der Waals surface area contributed by atoms with E-state index in [4.69, 9.17) is 11.0 Å². The molecule has 8 aromatic carbocycles. The molecule has 0 heterocycles. The standard InChI is InChI=1S/C55H43N/c1-53(2)47-24-14-11-21-41(47)44-30-27-38(33-50(44)53)56(39-28-31-45-42-22-12-15-25-48(42)54(3,4)51(45)34-39)40-29-32-46-43-23-13-16-26-49(43)55(52(46)35-40,36-17-7-5-8-18-36)37-19-9-6-10-20-37/h5-35H,1-4H3/i5D,6D,7D,8D,9D,10D,13D,16D,17D,18D,19D,20D,23D,26D,29D,32D,35D. The summed E-state index contributed by atoms with van der Waals surface area (Å²) in [6.45, 7) is 8.36. The van der Waals surface area contributed by atoms with Gasteiger partial charge in [-0.25, -0.2) is 0 Å². The fraction of sp³-hybridized carbons (Fsp3) is 0.127. The second kappa shape index (κ2) is 11.8. The number of fused-ring (bicyclic) bond motifs is 9. The quantitative estimate of drug-likeness (QED) is 0.170. The van der Waals surface area contributed by atoms with Crippen LogP contribution in [0.4, 0.5) is 17.1 Å². The van der Waals surface area contributed by atoms with Gasteiger partial charge < -0.3 is 4.90 Å². The molecule has 1 nitrogen and oxygen atoms in total. The van der Waals surface area contributed by atoms with Crippen molar-refractivity contribution >= 4 is 17.1 Å². The summed E-state index contributed by atoms with van der Waals surface area (Å²) in [7, 11) is 0. The lowest BCUT2D eigenvalue weighted by atomic mass is 9.67. The molecule has 11 rings (SSSR count). The van der Waals surface area contributed by atoms with E-state index in [-0.39, 0.29) is 5.69 Å². The molecular weight excluding hydrogens is 675 g/mol. The highest BCUT2D eigenvalue weighted by molar-refractivity contribution is 5.92. The highest BCUT2D eigenvalue weighted by Gasteiger charge is 2.46. The summed E-state index contributed by atoms with van der Waals surface area (Å²) in [6, 6.07) is 13.0. The summed E-state index contributed by atoms with van der Waals surface area (Å²) in [5.41, 5.74) is 0.720. The first kappa shape index (κ1) is 19.9. The Hall–Kier alpha value is -6.44. The van der Waals surface area contributed by atoms with Crippen molar-refractivity contribution in [1.82, 2.24) is 0 Å². The van der Waals surface area contributed by atoms with E-state index in [1.54, 1.807) is 4.90 Å². The van der Waals surface area contributed by atoms with Crippen molar-refractivity contribution in [3.05, 3.63) is 232 Å². The van der Waals surface area contributed by atoms with Gasteiger partial charge in [-0.15, -0.1) is 0 Å². The van der Waals surface area contributed by atoms with Gasteiger partial charge in [-0.05, 0) is 114 Å². The maximum atomic E-state index is 10.8. The molecule has 0 saturated heterocycles. The van der Waals surface area contributed by atoms with E-state index in [0.29, 0.717) is 11.4 Å². The van der Waals surface area contributed by atoms with Gasteiger partial charge in [0.1, 0.15) is 0 Å². The third kappa shape index (κ3) is 4.37. The van der Waals surface area contributed by atoms with Gasteiger partial charge >= 0.3 is 0 Å². The number of benzene rings is 8. The first-order valence-corrected chi connectivity index (χ1v) is 18.6. The van der Waals surface area contributed by atoms with Crippen molar-refractivity contribution in [2.24, 2.45) is 0 Å². The molecule has 0 bridgehead atoms. The molecule has 268 valence electrons. The van der Waals surface area contributed by atoms with Crippen LogP contribution in [0, 0.1) is 0 Å². The van der Waals surface area contributed by atoms with E-state index in [1.807, 2.05) is 72.8 Å². The highest BCUT2D eigenvalue weighted by atomic mass is 15.1. The molecule has 56 heavy (non-hydrogen) atoms. The Bertz CT molecular complexity index is 3620. The second-order valence-corrected chi connectivity index (χ2v) is 15.6. The van der Waals surface area contributed by atoms with Gasteiger partial charge in [0.25, 0.3) is 0 Å². The van der Waals surface area contributed by atoms with Gasteiger partial charge in [0, 0.05) is 27.9 Å². The Labute approximate surface area is 354 Å². The van der Waals surface area contributed by atoms with Gasteiger partial charge in [-0.1, -0.05) is 179 Å². The summed E-state index contributed by atoms with van der Waals surface area (Å²) in [5, 5.41) is 0. The minimum Gasteiger partial charge on any atom is -0.310 e. The summed E-state index contributed by atoms with van der Waals surface area (Å²) in [4.78, 5) is 1.63. The molecule has 0 radical (unpaired) electrons. The van der Waals surface area contributed by atoms with E-state index >= 15 is 0 Å². The van der Waals surface area contributed by atoms with Crippen LogP contribution in [-0.2, 0) is 16.2 Å². The SMILES string of the molecule is [2H]c1c([2H])c([2H])c(C2(c3c([2H])c([2H])c([2H])c([2H])c3[2H])c3c([2H])c([2H])c([2H])c([2H])c3-c3c([2H])c([2H])c(N(c4ccc5c(c4)C(C)(C)c4ccccc4-5)c4ccc5c(c4)C(C)(C)c4ccccc4-5)c([2H])c32)c([2H])c1[2H]. The maximum Gasteiger partial charge on any atom is 0.0714 e. The molecule has 0 unspecified atom stereocenters. The molecule has 0 spiro atoms. The summed E-state index contributed by atoms with van der Waals surface area (Å²) >= 11 is 0. The monoisotopic (exact) mass is 734 g/mol. The number of rotatable bonds is 5. The molecule has 0 N–H and O–H groups in total. The lowest BCUT2D eigenvalue weighted by Gasteiger charge is -2.35. The van der Waals surface area contributed by atoms with Gasteiger partial charge in [-0.3, -0.25) is 0 Å². The Kier molecular flexibility index (Phi) is 4.19. The predicted molar refractivity (Wildman–Crippen MR) is 234 cm³/mol. The molecule has 0 amide bonds. The Morgan fingerprint density at radius 2 is 0.839 bits per heavy atom.